The first kappa shape index (κ1) is 20.1. The van der Waals surface area contributed by atoms with Gasteiger partial charge in [-0.2, -0.15) is 0 Å². The summed E-state index contributed by atoms with van der Waals surface area (Å²) in [5.41, 5.74) is 1.67. The Morgan fingerprint density at radius 1 is 1.21 bits per heavy atom. The molecule has 0 aromatic heterocycles. The van der Waals surface area contributed by atoms with Crippen LogP contribution in [0.4, 0.5) is 4.39 Å². The predicted octanol–water partition coefficient (Wildman–Crippen LogP) is 4.81. The van der Waals surface area contributed by atoms with Crippen molar-refractivity contribution in [3.05, 3.63) is 70.5 Å². The Morgan fingerprint density at radius 2 is 1.93 bits per heavy atom. The van der Waals surface area contributed by atoms with Crippen LogP contribution >= 0.6 is 11.6 Å². The third-order valence-electron chi connectivity index (χ3n) is 4.84. The number of ether oxygens (including phenoxy) is 2. The lowest BCUT2D eigenvalue weighted by atomic mass is 9.73. The highest BCUT2D eigenvalue weighted by molar-refractivity contribution is 6.31. The number of carbonyl (C=O) groups excluding carboxylic acids is 2. The SMILES string of the molecule is CCOC(=O)[C@H]1C(=O)C=C(c2ccc(OC)cc2)C[C@H]1c1c(F)cccc1Cl. The summed E-state index contributed by atoms with van der Waals surface area (Å²) in [5.74, 6) is -2.82. The molecule has 0 N–H and O–H groups in total. The number of ketones is 1. The first-order chi connectivity index (χ1) is 13.5. The molecule has 1 aliphatic rings. The van der Waals surface area contributed by atoms with Gasteiger partial charge in [-0.1, -0.05) is 29.8 Å². The van der Waals surface area contributed by atoms with E-state index in [4.69, 9.17) is 21.1 Å². The zero-order valence-corrected chi connectivity index (χ0v) is 16.3. The van der Waals surface area contributed by atoms with Crippen molar-refractivity contribution < 1.29 is 23.5 Å². The molecule has 0 saturated heterocycles. The van der Waals surface area contributed by atoms with Gasteiger partial charge in [0, 0.05) is 16.5 Å². The highest BCUT2D eigenvalue weighted by Gasteiger charge is 2.41. The van der Waals surface area contributed by atoms with Crippen molar-refractivity contribution in [1.29, 1.82) is 0 Å². The Kier molecular flexibility index (Phi) is 6.15. The van der Waals surface area contributed by atoms with Crippen LogP contribution in [-0.2, 0) is 14.3 Å². The molecule has 3 rings (SSSR count). The second-order valence-corrected chi connectivity index (χ2v) is 6.88. The minimum Gasteiger partial charge on any atom is -0.497 e. The topological polar surface area (TPSA) is 52.6 Å². The smallest absolute Gasteiger partial charge is 0.317 e. The Hall–Kier alpha value is -2.66. The molecule has 0 unspecified atom stereocenters. The van der Waals surface area contributed by atoms with Crippen LogP contribution in [0.25, 0.3) is 5.57 Å². The van der Waals surface area contributed by atoms with Crippen molar-refractivity contribution >= 4 is 28.9 Å². The van der Waals surface area contributed by atoms with Gasteiger partial charge in [0.1, 0.15) is 17.5 Å². The molecule has 0 spiro atoms. The Balaban J connectivity index is 2.07. The van der Waals surface area contributed by atoms with E-state index in [1.165, 1.54) is 18.2 Å². The summed E-state index contributed by atoms with van der Waals surface area (Å²) < 4.78 is 24.9. The molecule has 0 aliphatic heterocycles. The molecule has 146 valence electrons. The zero-order valence-electron chi connectivity index (χ0n) is 15.6. The fourth-order valence-electron chi connectivity index (χ4n) is 3.53. The Morgan fingerprint density at radius 3 is 2.54 bits per heavy atom. The van der Waals surface area contributed by atoms with Crippen molar-refractivity contribution in [2.45, 2.75) is 19.3 Å². The average molecular weight is 403 g/mol. The van der Waals surface area contributed by atoms with Crippen LogP contribution in [0.5, 0.6) is 5.75 Å². The molecule has 4 nitrogen and oxygen atoms in total. The van der Waals surface area contributed by atoms with Gasteiger partial charge in [0.15, 0.2) is 5.78 Å². The number of benzene rings is 2. The number of halogens is 2. The van der Waals surface area contributed by atoms with E-state index < -0.39 is 29.4 Å². The molecular weight excluding hydrogens is 383 g/mol. The maximum atomic E-state index is 14.6. The van der Waals surface area contributed by atoms with Crippen LogP contribution in [0.15, 0.2) is 48.5 Å². The van der Waals surface area contributed by atoms with E-state index in [-0.39, 0.29) is 23.6 Å². The van der Waals surface area contributed by atoms with Crippen molar-refractivity contribution in [2.75, 3.05) is 13.7 Å². The molecule has 0 heterocycles. The fourth-order valence-corrected chi connectivity index (χ4v) is 3.83. The third kappa shape index (κ3) is 3.94. The highest BCUT2D eigenvalue weighted by Crippen LogP contribution is 2.43. The van der Waals surface area contributed by atoms with Crippen molar-refractivity contribution in [2.24, 2.45) is 5.92 Å². The lowest BCUT2D eigenvalue weighted by Gasteiger charge is -2.30. The van der Waals surface area contributed by atoms with E-state index in [0.29, 0.717) is 11.3 Å². The van der Waals surface area contributed by atoms with Gasteiger partial charge in [-0.25, -0.2) is 4.39 Å². The van der Waals surface area contributed by atoms with Crippen molar-refractivity contribution in [1.82, 2.24) is 0 Å². The number of methoxy groups -OCH3 is 1. The zero-order chi connectivity index (χ0) is 20.3. The maximum Gasteiger partial charge on any atom is 0.317 e. The first-order valence-electron chi connectivity index (χ1n) is 8.95. The van der Waals surface area contributed by atoms with E-state index in [9.17, 15) is 14.0 Å². The van der Waals surface area contributed by atoms with Crippen LogP contribution in [-0.4, -0.2) is 25.5 Å². The van der Waals surface area contributed by atoms with E-state index >= 15 is 0 Å². The monoisotopic (exact) mass is 402 g/mol. The fraction of sp³-hybridized carbons (Fsp3) is 0.273. The van der Waals surface area contributed by atoms with Crippen molar-refractivity contribution in [3.8, 4) is 5.75 Å². The second kappa shape index (κ2) is 8.57. The summed E-state index contributed by atoms with van der Waals surface area (Å²) in [4.78, 5) is 25.3. The number of carbonyl (C=O) groups is 2. The largest absolute Gasteiger partial charge is 0.497 e. The molecule has 6 heteroatoms. The third-order valence-corrected chi connectivity index (χ3v) is 5.17. The Bertz CT molecular complexity index is 900. The van der Waals surface area contributed by atoms with Gasteiger partial charge in [-0.3, -0.25) is 9.59 Å². The summed E-state index contributed by atoms with van der Waals surface area (Å²) in [5, 5.41) is 0.183. The molecule has 1 aliphatic carbocycles. The molecule has 2 atom stereocenters. The lowest BCUT2D eigenvalue weighted by Crippen LogP contribution is -2.34. The highest BCUT2D eigenvalue weighted by atomic mass is 35.5. The number of hydrogen-bond donors (Lipinski definition) is 0. The summed E-state index contributed by atoms with van der Waals surface area (Å²) in [6.07, 6.45) is 1.72. The minimum atomic E-state index is -1.13. The van der Waals surface area contributed by atoms with E-state index in [0.717, 1.165) is 5.56 Å². The Labute approximate surface area is 167 Å². The number of allylic oxidation sites excluding steroid dienone is 2. The van der Waals surface area contributed by atoms with Crippen LogP contribution < -0.4 is 4.74 Å². The molecule has 2 aromatic carbocycles. The van der Waals surface area contributed by atoms with E-state index in [1.807, 2.05) is 12.1 Å². The molecule has 0 fully saturated rings. The number of hydrogen-bond acceptors (Lipinski definition) is 4. The quantitative estimate of drug-likeness (QED) is 0.532. The molecule has 0 bridgehead atoms. The van der Waals surface area contributed by atoms with E-state index in [1.54, 1.807) is 32.2 Å². The number of esters is 1. The van der Waals surface area contributed by atoms with Crippen LogP contribution in [0, 0.1) is 11.7 Å². The summed E-state index contributed by atoms with van der Waals surface area (Å²) in [7, 11) is 1.57. The van der Waals surface area contributed by atoms with Gasteiger partial charge >= 0.3 is 5.97 Å². The molecule has 0 amide bonds. The number of rotatable bonds is 5. The standard InChI is InChI=1S/C22H20ClFO4/c1-3-28-22(26)21-16(20-17(23)5-4-6-18(20)24)11-14(12-19(21)25)13-7-9-15(27-2)10-8-13/h4-10,12,16,21H,3,11H2,1-2H3/t16-,21+/m0/s1. The van der Waals surface area contributed by atoms with Gasteiger partial charge in [-0.15, -0.1) is 0 Å². The molecule has 28 heavy (non-hydrogen) atoms. The van der Waals surface area contributed by atoms with Gasteiger partial charge in [0.25, 0.3) is 0 Å². The predicted molar refractivity (Wildman–Crippen MR) is 105 cm³/mol. The van der Waals surface area contributed by atoms with Gasteiger partial charge in [0.2, 0.25) is 0 Å². The van der Waals surface area contributed by atoms with Gasteiger partial charge in [0.05, 0.1) is 13.7 Å². The van der Waals surface area contributed by atoms with Crippen LogP contribution in [0.2, 0.25) is 5.02 Å². The van der Waals surface area contributed by atoms with Crippen molar-refractivity contribution in [3.63, 3.8) is 0 Å². The average Bonchev–Trinajstić information content (AvgIpc) is 2.67. The maximum absolute atomic E-state index is 14.6. The normalized spacial score (nSPS) is 19.1. The second-order valence-electron chi connectivity index (χ2n) is 6.48. The minimum absolute atomic E-state index is 0.134. The van der Waals surface area contributed by atoms with Gasteiger partial charge < -0.3 is 9.47 Å². The molecule has 0 saturated carbocycles. The molecule has 2 aromatic rings. The summed E-state index contributed by atoms with van der Waals surface area (Å²) >= 11 is 6.25. The molecular formula is C22H20ClFO4. The van der Waals surface area contributed by atoms with Crippen LogP contribution in [0.3, 0.4) is 0 Å². The van der Waals surface area contributed by atoms with Gasteiger partial charge in [-0.05, 0) is 54.8 Å². The van der Waals surface area contributed by atoms with E-state index in [2.05, 4.69) is 0 Å². The summed E-state index contributed by atoms with van der Waals surface area (Å²) in [6.45, 7) is 1.80. The molecule has 0 radical (unpaired) electrons. The first-order valence-corrected chi connectivity index (χ1v) is 9.33. The van der Waals surface area contributed by atoms with Crippen LogP contribution in [0.1, 0.15) is 30.4 Å². The lowest BCUT2D eigenvalue weighted by molar-refractivity contribution is -0.151. The summed E-state index contributed by atoms with van der Waals surface area (Å²) in [6, 6.07) is 11.5.